The summed E-state index contributed by atoms with van der Waals surface area (Å²) in [6.07, 6.45) is 0. The molecule has 0 radical (unpaired) electrons. The predicted octanol–water partition coefficient (Wildman–Crippen LogP) is 0.768. The number of rotatable bonds is 7. The van der Waals surface area contributed by atoms with Gasteiger partial charge in [-0.1, -0.05) is 42.5 Å². The highest BCUT2D eigenvalue weighted by molar-refractivity contribution is 7.89. The van der Waals surface area contributed by atoms with Gasteiger partial charge in [-0.15, -0.1) is 0 Å². The molecule has 1 aliphatic heterocycles. The summed E-state index contributed by atoms with van der Waals surface area (Å²) in [5.41, 5.74) is 2.13. The van der Waals surface area contributed by atoms with Crippen LogP contribution < -0.4 is 10.5 Å². The monoisotopic (exact) mass is 402 g/mol. The molecule has 150 valence electrons. The van der Waals surface area contributed by atoms with E-state index in [9.17, 15) is 13.2 Å². The van der Waals surface area contributed by atoms with Crippen LogP contribution in [0.15, 0.2) is 59.5 Å². The second kappa shape index (κ2) is 9.29. The fourth-order valence-electron chi connectivity index (χ4n) is 3.20. The maximum absolute atomic E-state index is 12.2. The first kappa shape index (κ1) is 20.5. The molecule has 1 amide bonds. The average Bonchev–Trinajstić information content (AvgIpc) is 2.68. The van der Waals surface area contributed by atoms with Gasteiger partial charge in [0.15, 0.2) is 0 Å². The van der Waals surface area contributed by atoms with Gasteiger partial charge in [0.05, 0.1) is 11.4 Å². The lowest BCUT2D eigenvalue weighted by Crippen LogP contribution is -2.49. The zero-order chi connectivity index (χ0) is 20.0. The van der Waals surface area contributed by atoms with Crippen molar-refractivity contribution in [3.63, 3.8) is 0 Å². The van der Waals surface area contributed by atoms with Crippen LogP contribution in [0, 0.1) is 0 Å². The summed E-state index contributed by atoms with van der Waals surface area (Å²) in [5, 5.41) is 7.96. The van der Waals surface area contributed by atoms with Crippen LogP contribution in [0.5, 0.6) is 0 Å². The molecule has 0 spiro atoms. The molecule has 3 rings (SSSR count). The third kappa shape index (κ3) is 6.13. The molecule has 0 unspecified atom stereocenters. The number of nitrogens with one attached hydrogen (secondary N) is 1. The second-order valence-corrected chi connectivity index (χ2v) is 8.57. The molecule has 0 bridgehead atoms. The number of nitrogens with two attached hydrogens (primary N) is 1. The molecule has 8 heteroatoms. The van der Waals surface area contributed by atoms with Gasteiger partial charge in [-0.3, -0.25) is 14.6 Å². The van der Waals surface area contributed by atoms with Gasteiger partial charge in [0, 0.05) is 39.3 Å². The first-order valence-electron chi connectivity index (χ1n) is 9.27. The van der Waals surface area contributed by atoms with E-state index < -0.39 is 10.0 Å². The minimum Gasteiger partial charge on any atom is -0.351 e. The van der Waals surface area contributed by atoms with Crippen molar-refractivity contribution in [3.8, 4) is 0 Å². The molecule has 0 aliphatic carbocycles. The summed E-state index contributed by atoms with van der Waals surface area (Å²) >= 11 is 0. The summed E-state index contributed by atoms with van der Waals surface area (Å²) in [6, 6.07) is 16.6. The Morgan fingerprint density at radius 3 is 2.11 bits per heavy atom. The molecule has 1 fully saturated rings. The molecule has 3 N–H and O–H groups in total. The van der Waals surface area contributed by atoms with Gasteiger partial charge in [-0.05, 0) is 23.3 Å². The lowest BCUT2D eigenvalue weighted by molar-refractivity contribution is -0.122. The largest absolute Gasteiger partial charge is 0.351 e. The van der Waals surface area contributed by atoms with E-state index in [2.05, 4.69) is 39.4 Å². The summed E-state index contributed by atoms with van der Waals surface area (Å²) < 4.78 is 22.5. The van der Waals surface area contributed by atoms with Crippen LogP contribution in [0.4, 0.5) is 0 Å². The van der Waals surface area contributed by atoms with Crippen molar-refractivity contribution in [2.75, 3.05) is 32.7 Å². The fourth-order valence-corrected chi connectivity index (χ4v) is 3.72. The molecule has 0 aromatic heterocycles. The number of amides is 1. The van der Waals surface area contributed by atoms with Crippen molar-refractivity contribution in [1.82, 2.24) is 15.1 Å². The van der Waals surface area contributed by atoms with Crippen molar-refractivity contribution in [3.05, 3.63) is 65.7 Å². The summed E-state index contributed by atoms with van der Waals surface area (Å²) in [5.74, 6) is -0.0352. The first-order valence-corrected chi connectivity index (χ1v) is 10.8. The predicted molar refractivity (Wildman–Crippen MR) is 108 cm³/mol. The molecule has 1 aliphatic rings. The van der Waals surface area contributed by atoms with Gasteiger partial charge in [0.2, 0.25) is 15.9 Å². The minimum atomic E-state index is -3.69. The van der Waals surface area contributed by atoms with Crippen LogP contribution in [-0.2, 0) is 27.9 Å². The molecule has 0 saturated carbocycles. The number of sulfonamides is 1. The molecule has 2 aromatic rings. The third-order valence-corrected chi connectivity index (χ3v) is 5.75. The van der Waals surface area contributed by atoms with Gasteiger partial charge in [0.1, 0.15) is 0 Å². The van der Waals surface area contributed by atoms with Crippen molar-refractivity contribution < 1.29 is 13.2 Å². The summed E-state index contributed by atoms with van der Waals surface area (Å²) in [7, 11) is -3.69. The van der Waals surface area contributed by atoms with Crippen LogP contribution in [0.25, 0.3) is 0 Å². The number of primary sulfonamides is 1. The standard InChI is InChI=1S/C20H26N4O3S/c21-28(26,27)19-8-6-17(7-9-19)14-22-20(25)16-24-12-10-23(11-13-24)15-18-4-2-1-3-5-18/h1-9H,10-16H2,(H,22,25)(H2,21,26,27). The Bertz CT molecular complexity index is 877. The number of carbonyl (C=O) groups is 1. The number of hydrogen-bond acceptors (Lipinski definition) is 5. The van der Waals surface area contributed by atoms with Crippen molar-refractivity contribution in [2.45, 2.75) is 18.0 Å². The van der Waals surface area contributed by atoms with Crippen LogP contribution in [0.2, 0.25) is 0 Å². The SMILES string of the molecule is NS(=O)(=O)c1ccc(CNC(=O)CN2CCN(Cc3ccccc3)CC2)cc1. The topological polar surface area (TPSA) is 95.7 Å². The van der Waals surface area contributed by atoms with Gasteiger partial charge < -0.3 is 5.32 Å². The molecule has 0 atom stereocenters. The van der Waals surface area contributed by atoms with E-state index in [1.807, 2.05) is 6.07 Å². The fraction of sp³-hybridized carbons (Fsp3) is 0.350. The highest BCUT2D eigenvalue weighted by atomic mass is 32.2. The van der Waals surface area contributed by atoms with Gasteiger partial charge in [-0.2, -0.15) is 0 Å². The Morgan fingerprint density at radius 2 is 1.50 bits per heavy atom. The molecule has 28 heavy (non-hydrogen) atoms. The Hall–Kier alpha value is -2.26. The molecule has 1 heterocycles. The quantitative estimate of drug-likeness (QED) is 0.713. The summed E-state index contributed by atoms with van der Waals surface area (Å²) in [6.45, 7) is 5.28. The maximum atomic E-state index is 12.2. The van der Waals surface area contributed by atoms with Crippen LogP contribution in [0.3, 0.4) is 0 Å². The average molecular weight is 403 g/mol. The van der Waals surface area contributed by atoms with Crippen LogP contribution in [-0.4, -0.2) is 56.8 Å². The smallest absolute Gasteiger partial charge is 0.238 e. The molecule has 2 aromatic carbocycles. The van der Waals surface area contributed by atoms with Crippen LogP contribution in [0.1, 0.15) is 11.1 Å². The Balaban J connectivity index is 1.39. The van der Waals surface area contributed by atoms with Crippen molar-refractivity contribution in [2.24, 2.45) is 5.14 Å². The normalized spacial score (nSPS) is 16.0. The minimum absolute atomic E-state index is 0.0352. The van der Waals surface area contributed by atoms with Gasteiger partial charge in [0.25, 0.3) is 0 Å². The van der Waals surface area contributed by atoms with E-state index in [1.165, 1.54) is 17.7 Å². The number of piperazine rings is 1. The molecule has 7 nitrogen and oxygen atoms in total. The third-order valence-electron chi connectivity index (χ3n) is 4.82. The zero-order valence-electron chi connectivity index (χ0n) is 15.8. The van der Waals surface area contributed by atoms with E-state index in [0.717, 1.165) is 38.3 Å². The lowest BCUT2D eigenvalue weighted by atomic mass is 10.2. The number of hydrogen-bond donors (Lipinski definition) is 2. The number of nitrogens with zero attached hydrogens (tertiary/aromatic N) is 2. The van der Waals surface area contributed by atoms with E-state index in [-0.39, 0.29) is 10.8 Å². The Kier molecular flexibility index (Phi) is 6.79. The van der Waals surface area contributed by atoms with E-state index in [0.29, 0.717) is 13.1 Å². The zero-order valence-corrected chi connectivity index (χ0v) is 16.6. The van der Waals surface area contributed by atoms with E-state index in [1.54, 1.807) is 12.1 Å². The Labute approximate surface area is 166 Å². The highest BCUT2D eigenvalue weighted by Gasteiger charge is 2.19. The van der Waals surface area contributed by atoms with Crippen molar-refractivity contribution in [1.29, 1.82) is 0 Å². The van der Waals surface area contributed by atoms with Crippen molar-refractivity contribution >= 4 is 15.9 Å². The molecule has 1 saturated heterocycles. The molecular weight excluding hydrogens is 376 g/mol. The van der Waals surface area contributed by atoms with E-state index in [4.69, 9.17) is 5.14 Å². The number of benzene rings is 2. The maximum Gasteiger partial charge on any atom is 0.238 e. The summed E-state index contributed by atoms with van der Waals surface area (Å²) in [4.78, 5) is 16.8. The number of carbonyl (C=O) groups excluding carboxylic acids is 1. The second-order valence-electron chi connectivity index (χ2n) is 7.00. The van der Waals surface area contributed by atoms with Gasteiger partial charge >= 0.3 is 0 Å². The van der Waals surface area contributed by atoms with E-state index >= 15 is 0 Å². The highest BCUT2D eigenvalue weighted by Crippen LogP contribution is 2.10. The van der Waals surface area contributed by atoms with Gasteiger partial charge in [-0.25, -0.2) is 13.6 Å². The first-order chi connectivity index (χ1) is 13.4. The lowest BCUT2D eigenvalue weighted by Gasteiger charge is -2.34. The van der Waals surface area contributed by atoms with Crippen LogP contribution >= 0.6 is 0 Å². The Morgan fingerprint density at radius 1 is 0.893 bits per heavy atom. The molecular formula is C20H26N4O3S.